The first-order valence-electron chi connectivity index (χ1n) is 5.80. The summed E-state index contributed by atoms with van der Waals surface area (Å²) in [6.45, 7) is 4.26. The number of methoxy groups -OCH3 is 2. The van der Waals surface area contributed by atoms with Crippen LogP contribution in [0, 0.1) is 6.92 Å². The number of hydrogen-bond acceptors (Lipinski definition) is 3. The van der Waals surface area contributed by atoms with Crippen molar-refractivity contribution in [3.8, 4) is 11.5 Å². The zero-order valence-corrected chi connectivity index (χ0v) is 12.1. The zero-order valence-electron chi connectivity index (χ0n) is 10.5. The van der Waals surface area contributed by atoms with Crippen LogP contribution in [0.4, 0.5) is 0 Å². The van der Waals surface area contributed by atoms with Gasteiger partial charge < -0.3 is 14.8 Å². The van der Waals surface area contributed by atoms with Crippen molar-refractivity contribution in [3.63, 3.8) is 0 Å². The van der Waals surface area contributed by atoms with Gasteiger partial charge in [-0.25, -0.2) is 0 Å². The zero-order chi connectivity index (χ0) is 12.4. The third kappa shape index (κ3) is 2.29. The molecule has 3 nitrogen and oxygen atoms in total. The van der Waals surface area contributed by atoms with Crippen molar-refractivity contribution in [3.05, 3.63) is 21.7 Å². The average molecular weight is 300 g/mol. The Morgan fingerprint density at radius 3 is 2.65 bits per heavy atom. The van der Waals surface area contributed by atoms with Crippen LogP contribution in [0.1, 0.15) is 23.5 Å². The largest absolute Gasteiger partial charge is 0.493 e. The normalized spacial score (nSPS) is 19.4. The van der Waals surface area contributed by atoms with E-state index in [-0.39, 0.29) is 0 Å². The maximum Gasteiger partial charge on any atom is 0.175 e. The number of benzene rings is 1. The van der Waals surface area contributed by atoms with Crippen molar-refractivity contribution in [2.75, 3.05) is 27.3 Å². The average Bonchev–Trinajstić information content (AvgIpc) is 2.85. The number of hydrogen-bond donors (Lipinski definition) is 1. The van der Waals surface area contributed by atoms with Crippen LogP contribution >= 0.6 is 15.9 Å². The molecule has 0 aromatic heterocycles. The molecular weight excluding hydrogens is 282 g/mol. The molecule has 1 heterocycles. The molecule has 1 aromatic carbocycles. The summed E-state index contributed by atoms with van der Waals surface area (Å²) in [4.78, 5) is 0. The summed E-state index contributed by atoms with van der Waals surface area (Å²) in [5.41, 5.74) is 2.59. The molecule has 4 heteroatoms. The molecule has 1 fully saturated rings. The van der Waals surface area contributed by atoms with Crippen molar-refractivity contribution >= 4 is 15.9 Å². The molecule has 0 saturated carbocycles. The number of rotatable bonds is 3. The van der Waals surface area contributed by atoms with Gasteiger partial charge in [-0.05, 0) is 58.9 Å². The van der Waals surface area contributed by atoms with Gasteiger partial charge in [0.25, 0.3) is 0 Å². The van der Waals surface area contributed by atoms with E-state index in [9.17, 15) is 0 Å². The molecule has 1 unspecified atom stereocenters. The molecule has 0 aliphatic carbocycles. The highest BCUT2D eigenvalue weighted by Crippen LogP contribution is 2.42. The molecule has 94 valence electrons. The summed E-state index contributed by atoms with van der Waals surface area (Å²) in [6, 6.07) is 2.11. The summed E-state index contributed by atoms with van der Waals surface area (Å²) >= 11 is 3.60. The quantitative estimate of drug-likeness (QED) is 0.931. The predicted molar refractivity (Wildman–Crippen MR) is 72.2 cm³/mol. The minimum absolute atomic E-state index is 0.575. The van der Waals surface area contributed by atoms with E-state index in [0.29, 0.717) is 5.92 Å². The Hall–Kier alpha value is -0.740. The topological polar surface area (TPSA) is 30.5 Å². The van der Waals surface area contributed by atoms with Crippen LogP contribution in [0.5, 0.6) is 11.5 Å². The SMILES string of the molecule is COc1cc(C2CCNC2)c(C)c(Br)c1OC. The Balaban J connectivity index is 2.49. The lowest BCUT2D eigenvalue weighted by molar-refractivity contribution is 0.352. The Morgan fingerprint density at radius 2 is 2.12 bits per heavy atom. The third-order valence-electron chi connectivity index (χ3n) is 3.40. The lowest BCUT2D eigenvalue weighted by atomic mass is 9.93. The Bertz CT molecular complexity index is 414. The summed E-state index contributed by atoms with van der Waals surface area (Å²) in [5, 5.41) is 3.40. The van der Waals surface area contributed by atoms with Crippen molar-refractivity contribution in [2.24, 2.45) is 0 Å². The fourth-order valence-electron chi connectivity index (χ4n) is 2.41. The maximum absolute atomic E-state index is 5.40. The number of nitrogens with one attached hydrogen (secondary N) is 1. The third-order valence-corrected chi connectivity index (χ3v) is 4.35. The second-order valence-electron chi connectivity index (χ2n) is 4.33. The molecule has 1 aliphatic rings. The van der Waals surface area contributed by atoms with Gasteiger partial charge >= 0.3 is 0 Å². The van der Waals surface area contributed by atoms with E-state index in [0.717, 1.165) is 29.1 Å². The van der Waals surface area contributed by atoms with Gasteiger partial charge in [0, 0.05) is 6.54 Å². The Labute approximate surface area is 111 Å². The molecule has 17 heavy (non-hydrogen) atoms. The van der Waals surface area contributed by atoms with Crippen LogP contribution in [0.15, 0.2) is 10.5 Å². The molecule has 1 N–H and O–H groups in total. The van der Waals surface area contributed by atoms with Crippen molar-refractivity contribution in [1.29, 1.82) is 0 Å². The van der Waals surface area contributed by atoms with Crippen molar-refractivity contribution in [2.45, 2.75) is 19.3 Å². The molecule has 2 rings (SSSR count). The van der Waals surface area contributed by atoms with Gasteiger partial charge in [0.1, 0.15) is 0 Å². The predicted octanol–water partition coefficient (Wildman–Crippen LogP) is 2.85. The molecule has 1 aliphatic heterocycles. The van der Waals surface area contributed by atoms with E-state index in [2.05, 4.69) is 34.2 Å². The minimum Gasteiger partial charge on any atom is -0.493 e. The van der Waals surface area contributed by atoms with Crippen LogP contribution in [0.3, 0.4) is 0 Å². The van der Waals surface area contributed by atoms with E-state index in [1.807, 2.05) is 0 Å². The Kier molecular flexibility index (Phi) is 3.94. The Morgan fingerprint density at radius 1 is 1.35 bits per heavy atom. The molecular formula is C13H18BrNO2. The van der Waals surface area contributed by atoms with Gasteiger partial charge in [-0.2, -0.15) is 0 Å². The first-order chi connectivity index (χ1) is 8.19. The van der Waals surface area contributed by atoms with Crippen LogP contribution in [-0.2, 0) is 0 Å². The van der Waals surface area contributed by atoms with E-state index in [1.54, 1.807) is 14.2 Å². The van der Waals surface area contributed by atoms with Crippen LogP contribution in [-0.4, -0.2) is 27.3 Å². The molecule has 0 amide bonds. The van der Waals surface area contributed by atoms with Gasteiger partial charge in [-0.1, -0.05) is 0 Å². The van der Waals surface area contributed by atoms with E-state index >= 15 is 0 Å². The lowest BCUT2D eigenvalue weighted by Crippen LogP contribution is -2.09. The molecule has 1 atom stereocenters. The standard InChI is InChI=1S/C13H18BrNO2/c1-8-10(9-4-5-15-7-9)6-11(16-2)13(17-3)12(8)14/h6,9,15H,4-5,7H2,1-3H3. The highest BCUT2D eigenvalue weighted by atomic mass is 79.9. The first kappa shape index (κ1) is 12.7. The minimum atomic E-state index is 0.575. The van der Waals surface area contributed by atoms with E-state index < -0.39 is 0 Å². The fraction of sp³-hybridized carbons (Fsp3) is 0.538. The van der Waals surface area contributed by atoms with Crippen molar-refractivity contribution in [1.82, 2.24) is 5.32 Å². The summed E-state index contributed by atoms with van der Waals surface area (Å²) in [6.07, 6.45) is 1.18. The van der Waals surface area contributed by atoms with Crippen LogP contribution in [0.25, 0.3) is 0 Å². The summed E-state index contributed by atoms with van der Waals surface area (Å²) < 4.78 is 11.8. The van der Waals surface area contributed by atoms with Gasteiger partial charge in [-0.15, -0.1) is 0 Å². The fourth-order valence-corrected chi connectivity index (χ4v) is 2.99. The number of ether oxygens (including phenoxy) is 2. The van der Waals surface area contributed by atoms with Crippen molar-refractivity contribution < 1.29 is 9.47 Å². The van der Waals surface area contributed by atoms with E-state index in [1.165, 1.54) is 17.5 Å². The molecule has 0 radical (unpaired) electrons. The molecule has 0 spiro atoms. The second kappa shape index (κ2) is 5.27. The number of halogens is 1. The van der Waals surface area contributed by atoms with Crippen LogP contribution < -0.4 is 14.8 Å². The van der Waals surface area contributed by atoms with E-state index in [4.69, 9.17) is 9.47 Å². The molecule has 1 aromatic rings. The van der Waals surface area contributed by atoms with Gasteiger partial charge in [0.05, 0.1) is 18.7 Å². The lowest BCUT2D eigenvalue weighted by Gasteiger charge is -2.18. The second-order valence-corrected chi connectivity index (χ2v) is 5.12. The smallest absolute Gasteiger partial charge is 0.175 e. The maximum atomic E-state index is 5.40. The van der Waals surface area contributed by atoms with Gasteiger partial charge in [-0.3, -0.25) is 0 Å². The summed E-state index contributed by atoms with van der Waals surface area (Å²) in [5.74, 6) is 2.15. The molecule has 1 saturated heterocycles. The highest BCUT2D eigenvalue weighted by molar-refractivity contribution is 9.10. The summed E-state index contributed by atoms with van der Waals surface area (Å²) in [7, 11) is 3.34. The van der Waals surface area contributed by atoms with Gasteiger partial charge in [0.2, 0.25) is 0 Å². The molecule has 0 bridgehead atoms. The first-order valence-corrected chi connectivity index (χ1v) is 6.60. The highest BCUT2D eigenvalue weighted by Gasteiger charge is 2.23. The monoisotopic (exact) mass is 299 g/mol. The van der Waals surface area contributed by atoms with Crippen LogP contribution in [0.2, 0.25) is 0 Å². The van der Waals surface area contributed by atoms with Gasteiger partial charge in [0.15, 0.2) is 11.5 Å².